The van der Waals surface area contributed by atoms with Gasteiger partial charge < -0.3 is 4.74 Å². The van der Waals surface area contributed by atoms with Crippen LogP contribution in [-0.4, -0.2) is 12.4 Å². The summed E-state index contributed by atoms with van der Waals surface area (Å²) in [5.41, 5.74) is 1.87. The SMILES string of the molecule is O=Cc1cccc(COC2C3CC4CC(C3)CC2C4)c1. The molecule has 4 bridgehead atoms. The van der Waals surface area contributed by atoms with Gasteiger partial charge in [-0.2, -0.15) is 0 Å². The van der Waals surface area contributed by atoms with Crippen LogP contribution in [0.4, 0.5) is 0 Å². The Morgan fingerprint density at radius 3 is 2.40 bits per heavy atom. The lowest BCUT2D eigenvalue weighted by Crippen LogP contribution is -2.49. The first-order valence-electron chi connectivity index (χ1n) is 7.97. The van der Waals surface area contributed by atoms with E-state index in [-0.39, 0.29) is 0 Å². The lowest BCUT2D eigenvalue weighted by atomic mass is 9.55. The highest BCUT2D eigenvalue weighted by Gasteiger charge is 2.48. The van der Waals surface area contributed by atoms with Gasteiger partial charge >= 0.3 is 0 Å². The van der Waals surface area contributed by atoms with Crippen molar-refractivity contribution in [3.8, 4) is 0 Å². The predicted molar refractivity (Wildman–Crippen MR) is 77.5 cm³/mol. The van der Waals surface area contributed by atoms with Crippen LogP contribution in [0.1, 0.15) is 48.0 Å². The van der Waals surface area contributed by atoms with Gasteiger partial charge in [0.2, 0.25) is 0 Å². The van der Waals surface area contributed by atoms with Gasteiger partial charge in [0, 0.05) is 5.56 Å². The number of hydrogen-bond acceptors (Lipinski definition) is 2. The second kappa shape index (κ2) is 5.00. The number of hydrogen-bond donors (Lipinski definition) is 0. The molecule has 1 aromatic rings. The number of benzene rings is 1. The molecule has 4 aliphatic carbocycles. The Morgan fingerprint density at radius 1 is 1.05 bits per heavy atom. The first-order chi connectivity index (χ1) is 9.81. The highest BCUT2D eigenvalue weighted by Crippen LogP contribution is 2.54. The summed E-state index contributed by atoms with van der Waals surface area (Å²) >= 11 is 0. The summed E-state index contributed by atoms with van der Waals surface area (Å²) < 4.78 is 6.29. The van der Waals surface area contributed by atoms with Crippen molar-refractivity contribution in [1.29, 1.82) is 0 Å². The van der Waals surface area contributed by atoms with Crippen LogP contribution >= 0.6 is 0 Å². The molecule has 0 aliphatic heterocycles. The molecule has 0 N–H and O–H groups in total. The van der Waals surface area contributed by atoms with Gasteiger partial charge in [-0.3, -0.25) is 4.79 Å². The normalized spacial score (nSPS) is 38.1. The minimum Gasteiger partial charge on any atom is -0.373 e. The number of aldehydes is 1. The molecule has 4 aliphatic rings. The average molecular weight is 270 g/mol. The molecule has 0 spiro atoms. The van der Waals surface area contributed by atoms with E-state index >= 15 is 0 Å². The number of carbonyl (C=O) groups excluding carboxylic acids is 1. The van der Waals surface area contributed by atoms with E-state index in [1.165, 1.54) is 32.1 Å². The zero-order valence-corrected chi connectivity index (χ0v) is 11.8. The molecule has 0 amide bonds. The molecule has 0 radical (unpaired) electrons. The van der Waals surface area contributed by atoms with Crippen molar-refractivity contribution in [2.45, 2.75) is 44.8 Å². The monoisotopic (exact) mass is 270 g/mol. The highest BCUT2D eigenvalue weighted by molar-refractivity contribution is 5.74. The van der Waals surface area contributed by atoms with E-state index in [1.54, 1.807) is 0 Å². The van der Waals surface area contributed by atoms with Crippen molar-refractivity contribution in [1.82, 2.24) is 0 Å². The van der Waals surface area contributed by atoms with Crippen molar-refractivity contribution in [3.05, 3.63) is 35.4 Å². The van der Waals surface area contributed by atoms with Gasteiger partial charge in [-0.05, 0) is 67.4 Å². The van der Waals surface area contributed by atoms with Crippen LogP contribution in [0.2, 0.25) is 0 Å². The van der Waals surface area contributed by atoms with E-state index in [2.05, 4.69) is 6.07 Å². The Labute approximate surface area is 120 Å². The summed E-state index contributed by atoms with van der Waals surface area (Å²) in [5.74, 6) is 3.60. The zero-order valence-electron chi connectivity index (χ0n) is 11.8. The molecule has 0 unspecified atom stereocenters. The van der Waals surface area contributed by atoms with E-state index in [0.29, 0.717) is 12.7 Å². The van der Waals surface area contributed by atoms with Crippen LogP contribution in [0.3, 0.4) is 0 Å². The van der Waals surface area contributed by atoms with Crippen LogP contribution in [0, 0.1) is 23.7 Å². The smallest absolute Gasteiger partial charge is 0.150 e. The fourth-order valence-corrected chi connectivity index (χ4v) is 5.10. The number of ether oxygens (including phenoxy) is 1. The molecule has 20 heavy (non-hydrogen) atoms. The Bertz CT molecular complexity index is 480. The summed E-state index contributed by atoms with van der Waals surface area (Å²) in [5, 5.41) is 0. The van der Waals surface area contributed by atoms with E-state index in [9.17, 15) is 4.79 Å². The summed E-state index contributed by atoms with van der Waals surface area (Å²) in [6, 6.07) is 7.80. The van der Waals surface area contributed by atoms with Gasteiger partial charge in [0.15, 0.2) is 0 Å². The fourth-order valence-electron chi connectivity index (χ4n) is 5.10. The molecule has 106 valence electrons. The number of rotatable bonds is 4. The van der Waals surface area contributed by atoms with Gasteiger partial charge in [0.25, 0.3) is 0 Å². The molecule has 5 rings (SSSR count). The molecule has 0 aromatic heterocycles. The van der Waals surface area contributed by atoms with Crippen LogP contribution in [0.15, 0.2) is 24.3 Å². The Hall–Kier alpha value is -1.15. The predicted octanol–water partition coefficient (Wildman–Crippen LogP) is 3.84. The molecule has 4 fully saturated rings. The van der Waals surface area contributed by atoms with Gasteiger partial charge in [0.1, 0.15) is 6.29 Å². The summed E-state index contributed by atoms with van der Waals surface area (Å²) in [7, 11) is 0. The lowest BCUT2D eigenvalue weighted by Gasteiger charge is -2.54. The quantitative estimate of drug-likeness (QED) is 0.777. The topological polar surface area (TPSA) is 26.3 Å². The van der Waals surface area contributed by atoms with Crippen LogP contribution in [0.25, 0.3) is 0 Å². The van der Waals surface area contributed by atoms with Crippen molar-refractivity contribution >= 4 is 6.29 Å². The van der Waals surface area contributed by atoms with Crippen LogP contribution in [0.5, 0.6) is 0 Å². The van der Waals surface area contributed by atoms with Crippen molar-refractivity contribution < 1.29 is 9.53 Å². The van der Waals surface area contributed by atoms with Crippen molar-refractivity contribution in [2.75, 3.05) is 0 Å². The standard InChI is InChI=1S/C18H22O2/c19-10-12-2-1-3-13(4-12)11-20-18-16-6-14-5-15(8-16)9-17(18)7-14/h1-4,10,14-18H,5-9,11H2. The molecule has 0 heterocycles. The third-order valence-electron chi connectivity index (χ3n) is 5.67. The fraction of sp³-hybridized carbons (Fsp3) is 0.611. The third-order valence-corrected chi connectivity index (χ3v) is 5.67. The average Bonchev–Trinajstić information content (AvgIpc) is 2.46. The Kier molecular flexibility index (Phi) is 3.14. The third kappa shape index (κ3) is 2.20. The maximum Gasteiger partial charge on any atom is 0.150 e. The highest BCUT2D eigenvalue weighted by atomic mass is 16.5. The van der Waals surface area contributed by atoms with Gasteiger partial charge in [-0.1, -0.05) is 18.2 Å². The molecule has 4 saturated carbocycles. The van der Waals surface area contributed by atoms with Crippen LogP contribution in [-0.2, 0) is 11.3 Å². The molecular formula is C18H22O2. The second-order valence-electron chi connectivity index (χ2n) is 7.07. The van der Waals surface area contributed by atoms with E-state index < -0.39 is 0 Å². The van der Waals surface area contributed by atoms with E-state index in [4.69, 9.17) is 4.74 Å². The first kappa shape index (κ1) is 12.6. The Morgan fingerprint density at radius 2 is 1.75 bits per heavy atom. The maximum absolute atomic E-state index is 10.8. The molecule has 0 atom stereocenters. The largest absolute Gasteiger partial charge is 0.373 e. The summed E-state index contributed by atoms with van der Waals surface area (Å²) in [6.45, 7) is 0.661. The molecule has 2 heteroatoms. The minimum atomic E-state index is 0.475. The van der Waals surface area contributed by atoms with E-state index in [0.717, 1.165) is 41.1 Å². The zero-order chi connectivity index (χ0) is 13.5. The summed E-state index contributed by atoms with van der Waals surface area (Å²) in [4.78, 5) is 10.8. The lowest BCUT2D eigenvalue weighted by molar-refractivity contribution is -0.132. The van der Waals surface area contributed by atoms with Crippen molar-refractivity contribution in [2.24, 2.45) is 23.7 Å². The molecule has 2 nitrogen and oxygen atoms in total. The molecule has 1 aromatic carbocycles. The second-order valence-corrected chi connectivity index (χ2v) is 7.07. The van der Waals surface area contributed by atoms with Crippen molar-refractivity contribution in [3.63, 3.8) is 0 Å². The molecule has 0 saturated heterocycles. The van der Waals surface area contributed by atoms with Gasteiger partial charge in [0.05, 0.1) is 12.7 Å². The maximum atomic E-state index is 10.8. The Balaban J connectivity index is 1.43. The van der Waals surface area contributed by atoms with Gasteiger partial charge in [-0.25, -0.2) is 0 Å². The van der Waals surface area contributed by atoms with Crippen LogP contribution < -0.4 is 0 Å². The van der Waals surface area contributed by atoms with Gasteiger partial charge in [-0.15, -0.1) is 0 Å². The number of carbonyl (C=O) groups is 1. The summed E-state index contributed by atoms with van der Waals surface area (Å²) in [6.07, 6.45) is 8.45. The first-order valence-corrected chi connectivity index (χ1v) is 7.97. The van der Waals surface area contributed by atoms with E-state index in [1.807, 2.05) is 18.2 Å². The minimum absolute atomic E-state index is 0.475. The molecular weight excluding hydrogens is 248 g/mol.